The van der Waals surface area contributed by atoms with Gasteiger partial charge in [0.05, 0.1) is 11.7 Å². The molecule has 0 spiro atoms. The summed E-state index contributed by atoms with van der Waals surface area (Å²) in [6, 6.07) is 0. The zero-order valence-corrected chi connectivity index (χ0v) is 10.6. The molecule has 2 N–H and O–H groups in total. The highest BCUT2D eigenvalue weighted by molar-refractivity contribution is 5.79. The van der Waals surface area contributed by atoms with Crippen LogP contribution in [0.4, 0.5) is 0 Å². The minimum Gasteiger partial charge on any atom is -0.390 e. The van der Waals surface area contributed by atoms with Crippen molar-refractivity contribution in [1.29, 1.82) is 0 Å². The molecule has 0 radical (unpaired) electrons. The van der Waals surface area contributed by atoms with Crippen molar-refractivity contribution < 1.29 is 15.0 Å². The molecule has 5 atom stereocenters. The van der Waals surface area contributed by atoms with Crippen LogP contribution in [0.2, 0.25) is 0 Å². The molecule has 3 heteroatoms. The molecule has 0 heterocycles. The number of carbonyl (C=O) groups is 1. The maximum absolute atomic E-state index is 11.6. The molecule has 0 aromatic carbocycles. The largest absolute Gasteiger partial charge is 0.390 e. The van der Waals surface area contributed by atoms with E-state index in [2.05, 4.69) is 6.58 Å². The number of aliphatic hydroxyl groups is 2. The number of fused-ring (bicyclic) bond motifs is 1. The van der Waals surface area contributed by atoms with Crippen molar-refractivity contribution in [3.05, 3.63) is 12.2 Å². The fourth-order valence-electron chi connectivity index (χ4n) is 3.62. The van der Waals surface area contributed by atoms with Gasteiger partial charge in [-0.3, -0.25) is 4.79 Å². The number of ketones is 1. The first kappa shape index (κ1) is 12.8. The van der Waals surface area contributed by atoms with E-state index in [1.165, 1.54) is 0 Å². The Balaban J connectivity index is 2.31. The maximum atomic E-state index is 11.6. The predicted octanol–water partition coefficient (Wildman–Crippen LogP) is 1.68. The average Bonchev–Trinajstić information content (AvgIpc) is 2.24. The second-order valence-corrected chi connectivity index (χ2v) is 5.98. The van der Waals surface area contributed by atoms with Gasteiger partial charge in [0.25, 0.3) is 0 Å². The minimum absolute atomic E-state index is 0.116. The minimum atomic E-state index is -1.13. The molecular formula is C14H22O3. The number of hydrogen-bond donors (Lipinski definition) is 2. The second-order valence-electron chi connectivity index (χ2n) is 5.98. The molecule has 0 amide bonds. The van der Waals surface area contributed by atoms with E-state index in [9.17, 15) is 15.0 Å². The van der Waals surface area contributed by atoms with Gasteiger partial charge in [0.15, 0.2) is 0 Å². The molecule has 2 fully saturated rings. The van der Waals surface area contributed by atoms with E-state index in [0.29, 0.717) is 25.2 Å². The molecule has 96 valence electrons. The topological polar surface area (TPSA) is 57.5 Å². The van der Waals surface area contributed by atoms with Crippen molar-refractivity contribution in [3.8, 4) is 0 Å². The first-order valence-electron chi connectivity index (χ1n) is 6.41. The highest BCUT2D eigenvalue weighted by atomic mass is 16.3. The lowest BCUT2D eigenvalue weighted by atomic mass is 9.57. The fraction of sp³-hybridized carbons (Fsp3) is 0.786. The van der Waals surface area contributed by atoms with Gasteiger partial charge in [0.1, 0.15) is 5.78 Å². The van der Waals surface area contributed by atoms with Gasteiger partial charge in [-0.1, -0.05) is 12.2 Å². The highest BCUT2D eigenvalue weighted by Crippen LogP contribution is 2.49. The summed E-state index contributed by atoms with van der Waals surface area (Å²) in [7, 11) is 0. The third-order valence-electron chi connectivity index (χ3n) is 4.77. The van der Waals surface area contributed by atoms with Gasteiger partial charge in [-0.2, -0.15) is 0 Å². The van der Waals surface area contributed by atoms with Crippen molar-refractivity contribution in [3.63, 3.8) is 0 Å². The SMILES string of the molecule is C=C(C)[C@@H]1C[C@@H](O)[C@](C)(O)[C@@H]2CC(=O)CC[C@H]21. The lowest BCUT2D eigenvalue weighted by molar-refractivity contribution is -0.169. The lowest BCUT2D eigenvalue weighted by Crippen LogP contribution is -2.57. The van der Waals surface area contributed by atoms with Crippen LogP contribution < -0.4 is 0 Å². The predicted molar refractivity (Wildman–Crippen MR) is 65.4 cm³/mol. The Hall–Kier alpha value is -0.670. The summed E-state index contributed by atoms with van der Waals surface area (Å²) in [5.74, 6) is 0.627. The van der Waals surface area contributed by atoms with Crippen LogP contribution >= 0.6 is 0 Å². The Morgan fingerprint density at radius 2 is 2.18 bits per heavy atom. The molecule has 2 rings (SSSR count). The van der Waals surface area contributed by atoms with E-state index in [1.54, 1.807) is 6.92 Å². The van der Waals surface area contributed by atoms with E-state index >= 15 is 0 Å². The first-order valence-corrected chi connectivity index (χ1v) is 6.41. The summed E-state index contributed by atoms with van der Waals surface area (Å²) in [5, 5.41) is 20.5. The molecule has 3 nitrogen and oxygen atoms in total. The zero-order chi connectivity index (χ0) is 12.8. The van der Waals surface area contributed by atoms with Gasteiger partial charge in [0.2, 0.25) is 0 Å². The molecule has 0 saturated heterocycles. The van der Waals surface area contributed by atoms with Crippen LogP contribution in [0, 0.1) is 17.8 Å². The third-order valence-corrected chi connectivity index (χ3v) is 4.77. The molecule has 0 aromatic heterocycles. The van der Waals surface area contributed by atoms with Gasteiger partial charge in [-0.15, -0.1) is 0 Å². The Bertz CT molecular complexity index is 345. The summed E-state index contributed by atoms with van der Waals surface area (Å²) in [5.41, 5.74) is -0.0731. The summed E-state index contributed by atoms with van der Waals surface area (Å²) in [6.45, 7) is 7.64. The first-order chi connectivity index (χ1) is 7.84. The smallest absolute Gasteiger partial charge is 0.133 e. The van der Waals surface area contributed by atoms with E-state index in [-0.39, 0.29) is 17.6 Å². The highest BCUT2D eigenvalue weighted by Gasteiger charge is 2.52. The standard InChI is InChI=1S/C14H22O3/c1-8(2)11-7-13(16)14(3,17)12-6-9(15)4-5-10(11)12/h10-13,16-17H,1,4-7H2,2-3H3/t10-,11-,12+,13+,14+/m0/s1. The number of hydrogen-bond acceptors (Lipinski definition) is 3. The molecule has 0 unspecified atom stereocenters. The van der Waals surface area contributed by atoms with Gasteiger partial charge >= 0.3 is 0 Å². The molecule has 2 aliphatic carbocycles. The third kappa shape index (κ3) is 2.06. The molecule has 17 heavy (non-hydrogen) atoms. The average molecular weight is 238 g/mol. The summed E-state index contributed by atoms with van der Waals surface area (Å²) >= 11 is 0. The number of allylic oxidation sites excluding steroid dienone is 1. The molecule has 0 aromatic rings. The summed E-state index contributed by atoms with van der Waals surface area (Å²) in [6.07, 6.45) is 1.65. The Morgan fingerprint density at radius 3 is 2.76 bits per heavy atom. The quantitative estimate of drug-likeness (QED) is 0.683. The van der Waals surface area contributed by atoms with Crippen LogP contribution in [0.25, 0.3) is 0 Å². The normalized spacial score (nSPS) is 46.5. The van der Waals surface area contributed by atoms with Crippen LogP contribution in [0.1, 0.15) is 39.5 Å². The van der Waals surface area contributed by atoms with E-state index < -0.39 is 11.7 Å². The number of carbonyl (C=O) groups excluding carboxylic acids is 1. The van der Waals surface area contributed by atoms with Crippen LogP contribution in [0.15, 0.2) is 12.2 Å². The van der Waals surface area contributed by atoms with Crippen molar-refractivity contribution in [2.24, 2.45) is 17.8 Å². The van der Waals surface area contributed by atoms with Crippen molar-refractivity contribution in [2.45, 2.75) is 51.2 Å². The van der Waals surface area contributed by atoms with Crippen LogP contribution in [0.3, 0.4) is 0 Å². The Morgan fingerprint density at radius 1 is 1.53 bits per heavy atom. The van der Waals surface area contributed by atoms with Gasteiger partial charge < -0.3 is 10.2 Å². The zero-order valence-electron chi connectivity index (χ0n) is 10.6. The van der Waals surface area contributed by atoms with Gasteiger partial charge in [0, 0.05) is 18.8 Å². The van der Waals surface area contributed by atoms with Gasteiger partial charge in [-0.05, 0) is 38.5 Å². The molecule has 2 aliphatic rings. The van der Waals surface area contributed by atoms with Crippen LogP contribution in [-0.4, -0.2) is 27.7 Å². The monoisotopic (exact) mass is 238 g/mol. The van der Waals surface area contributed by atoms with Gasteiger partial charge in [-0.25, -0.2) is 0 Å². The second kappa shape index (κ2) is 4.21. The Kier molecular flexibility index (Phi) is 3.17. The van der Waals surface area contributed by atoms with Crippen LogP contribution in [-0.2, 0) is 4.79 Å². The van der Waals surface area contributed by atoms with E-state index in [1.807, 2.05) is 6.92 Å². The van der Waals surface area contributed by atoms with Crippen molar-refractivity contribution in [1.82, 2.24) is 0 Å². The van der Waals surface area contributed by atoms with Crippen molar-refractivity contribution >= 4 is 5.78 Å². The number of Topliss-reactive ketones (excluding diaryl/α,β-unsaturated/α-hetero) is 1. The summed E-state index contributed by atoms with van der Waals surface area (Å²) in [4.78, 5) is 11.6. The van der Waals surface area contributed by atoms with Crippen LogP contribution in [0.5, 0.6) is 0 Å². The van der Waals surface area contributed by atoms with E-state index in [0.717, 1.165) is 12.0 Å². The molecule has 0 bridgehead atoms. The van der Waals surface area contributed by atoms with E-state index in [4.69, 9.17) is 0 Å². The summed E-state index contributed by atoms with van der Waals surface area (Å²) < 4.78 is 0. The molecular weight excluding hydrogens is 216 g/mol. The fourth-order valence-corrected chi connectivity index (χ4v) is 3.62. The molecule has 2 saturated carbocycles. The Labute approximate surface area is 103 Å². The van der Waals surface area contributed by atoms with Crippen molar-refractivity contribution in [2.75, 3.05) is 0 Å². The number of aliphatic hydroxyl groups excluding tert-OH is 1. The number of rotatable bonds is 1. The maximum Gasteiger partial charge on any atom is 0.133 e. The molecule has 0 aliphatic heterocycles. The lowest BCUT2D eigenvalue weighted by Gasteiger charge is -2.51.